The van der Waals surface area contributed by atoms with Crippen molar-refractivity contribution in [1.29, 1.82) is 0 Å². The van der Waals surface area contributed by atoms with Crippen molar-refractivity contribution in [2.75, 3.05) is 25.0 Å². The van der Waals surface area contributed by atoms with Crippen LogP contribution in [0.5, 0.6) is 5.75 Å². The minimum Gasteiger partial charge on any atom is -0.482 e. The third-order valence-corrected chi connectivity index (χ3v) is 3.92. The van der Waals surface area contributed by atoms with Crippen molar-refractivity contribution in [1.82, 2.24) is 4.90 Å². The van der Waals surface area contributed by atoms with Crippen molar-refractivity contribution in [3.8, 4) is 5.75 Å². The second-order valence-corrected chi connectivity index (χ2v) is 5.48. The molecular weight excluding hydrogens is 288 g/mol. The molecule has 0 aromatic heterocycles. The quantitative estimate of drug-likeness (QED) is 0.848. The molecule has 2 heterocycles. The van der Waals surface area contributed by atoms with Gasteiger partial charge in [0.15, 0.2) is 6.61 Å². The summed E-state index contributed by atoms with van der Waals surface area (Å²) in [6.07, 6.45) is 1.26. The van der Waals surface area contributed by atoms with Crippen LogP contribution in [0.2, 0.25) is 0 Å². The molecule has 2 aliphatic heterocycles. The number of benzene rings is 1. The first-order valence-electron chi connectivity index (χ1n) is 7.13. The van der Waals surface area contributed by atoms with E-state index in [1.807, 2.05) is 0 Å². The van der Waals surface area contributed by atoms with Gasteiger partial charge in [0.25, 0.3) is 11.8 Å². The molecule has 2 N–H and O–H groups in total. The monoisotopic (exact) mass is 304 g/mol. The highest BCUT2D eigenvalue weighted by atomic mass is 16.5. The third-order valence-electron chi connectivity index (χ3n) is 3.92. The zero-order chi connectivity index (χ0) is 15.7. The lowest BCUT2D eigenvalue weighted by atomic mass is 9.97. The second-order valence-electron chi connectivity index (χ2n) is 5.48. The summed E-state index contributed by atoms with van der Waals surface area (Å²) in [5.41, 5.74) is 0.879. The van der Waals surface area contributed by atoms with E-state index in [1.165, 1.54) is 0 Å². The van der Waals surface area contributed by atoms with Crippen LogP contribution in [0, 0.1) is 5.92 Å². The van der Waals surface area contributed by atoms with E-state index in [9.17, 15) is 14.4 Å². The number of hydrogen-bond acceptors (Lipinski definition) is 4. The van der Waals surface area contributed by atoms with E-state index in [4.69, 9.17) is 9.84 Å². The Labute approximate surface area is 126 Å². The molecule has 2 aliphatic rings. The van der Waals surface area contributed by atoms with Crippen LogP contribution in [0.3, 0.4) is 0 Å². The van der Waals surface area contributed by atoms with E-state index in [-0.39, 0.29) is 25.0 Å². The van der Waals surface area contributed by atoms with E-state index >= 15 is 0 Å². The molecule has 1 aromatic rings. The lowest BCUT2D eigenvalue weighted by molar-refractivity contribution is -0.143. The Morgan fingerprint density at radius 2 is 2.18 bits per heavy atom. The van der Waals surface area contributed by atoms with Crippen LogP contribution in [-0.2, 0) is 9.59 Å². The van der Waals surface area contributed by atoms with Crippen LogP contribution in [0.15, 0.2) is 18.2 Å². The number of carboxylic acids is 1. The molecule has 0 radical (unpaired) electrons. The summed E-state index contributed by atoms with van der Waals surface area (Å²) in [5.74, 6) is -1.35. The van der Waals surface area contributed by atoms with Crippen LogP contribution in [0.1, 0.15) is 23.2 Å². The first-order valence-corrected chi connectivity index (χ1v) is 7.13. The number of aliphatic carboxylic acids is 1. The van der Waals surface area contributed by atoms with Gasteiger partial charge in [0.05, 0.1) is 11.6 Å². The summed E-state index contributed by atoms with van der Waals surface area (Å²) in [6, 6.07) is 4.84. The predicted molar refractivity (Wildman–Crippen MR) is 76.8 cm³/mol. The maximum atomic E-state index is 12.5. The molecule has 0 bridgehead atoms. The van der Waals surface area contributed by atoms with Crippen LogP contribution in [-0.4, -0.2) is 47.5 Å². The van der Waals surface area contributed by atoms with Crippen molar-refractivity contribution in [3.05, 3.63) is 23.8 Å². The fraction of sp³-hybridized carbons (Fsp3) is 0.400. The van der Waals surface area contributed by atoms with Gasteiger partial charge in [-0.05, 0) is 31.0 Å². The summed E-state index contributed by atoms with van der Waals surface area (Å²) in [5, 5.41) is 11.7. The van der Waals surface area contributed by atoms with Gasteiger partial charge in [-0.25, -0.2) is 0 Å². The number of amides is 2. The highest BCUT2D eigenvalue weighted by molar-refractivity contribution is 6.00. The van der Waals surface area contributed by atoms with E-state index in [1.54, 1.807) is 23.1 Å². The Kier molecular flexibility index (Phi) is 3.70. The number of rotatable bonds is 2. The number of piperidine rings is 1. The number of anilines is 1. The van der Waals surface area contributed by atoms with E-state index < -0.39 is 11.9 Å². The van der Waals surface area contributed by atoms with Gasteiger partial charge in [0, 0.05) is 18.7 Å². The fourth-order valence-electron chi connectivity index (χ4n) is 2.76. The van der Waals surface area contributed by atoms with Crippen molar-refractivity contribution >= 4 is 23.5 Å². The molecule has 1 fully saturated rings. The molecule has 0 unspecified atom stereocenters. The average molecular weight is 304 g/mol. The zero-order valence-corrected chi connectivity index (χ0v) is 11.9. The van der Waals surface area contributed by atoms with E-state index in [2.05, 4.69) is 5.32 Å². The minimum absolute atomic E-state index is 0.0350. The normalized spacial score (nSPS) is 20.6. The summed E-state index contributed by atoms with van der Waals surface area (Å²) in [6.45, 7) is 0.726. The molecule has 7 nitrogen and oxygen atoms in total. The number of ether oxygens (including phenoxy) is 1. The third kappa shape index (κ3) is 2.74. The van der Waals surface area contributed by atoms with Crippen molar-refractivity contribution in [2.45, 2.75) is 12.8 Å². The number of nitrogens with one attached hydrogen (secondary N) is 1. The van der Waals surface area contributed by atoms with Crippen LogP contribution >= 0.6 is 0 Å². The standard InChI is InChI=1S/C15H16N2O5/c18-13-8-22-12-4-3-9(6-11(12)16-13)14(19)17-5-1-2-10(7-17)15(20)21/h3-4,6,10H,1-2,5,7-8H2,(H,16,18)(H,20,21)/t10-/m0/s1. The van der Waals surface area contributed by atoms with Gasteiger partial charge in [-0.15, -0.1) is 0 Å². The van der Waals surface area contributed by atoms with Crippen LogP contribution in [0.25, 0.3) is 0 Å². The van der Waals surface area contributed by atoms with Gasteiger partial charge in [-0.1, -0.05) is 0 Å². The molecule has 2 amide bonds. The first-order chi connectivity index (χ1) is 10.5. The van der Waals surface area contributed by atoms with Gasteiger partial charge in [-0.2, -0.15) is 0 Å². The van der Waals surface area contributed by atoms with Gasteiger partial charge >= 0.3 is 5.97 Å². The van der Waals surface area contributed by atoms with E-state index in [0.717, 1.165) is 0 Å². The molecule has 116 valence electrons. The van der Waals surface area contributed by atoms with Gasteiger partial charge < -0.3 is 20.1 Å². The molecule has 0 saturated carbocycles. The number of carboxylic acid groups (broad SMARTS) is 1. The molecule has 3 rings (SSSR count). The Hall–Kier alpha value is -2.57. The average Bonchev–Trinajstić information content (AvgIpc) is 2.53. The SMILES string of the molecule is O=C1COc2ccc(C(=O)N3CCC[C@H](C(=O)O)C3)cc2N1. The maximum Gasteiger partial charge on any atom is 0.308 e. The molecule has 0 spiro atoms. The lowest BCUT2D eigenvalue weighted by Crippen LogP contribution is -2.42. The molecule has 22 heavy (non-hydrogen) atoms. The maximum absolute atomic E-state index is 12.5. The Morgan fingerprint density at radius 1 is 1.36 bits per heavy atom. The molecule has 1 saturated heterocycles. The van der Waals surface area contributed by atoms with Gasteiger partial charge in [-0.3, -0.25) is 14.4 Å². The van der Waals surface area contributed by atoms with Crippen molar-refractivity contribution < 1.29 is 24.2 Å². The van der Waals surface area contributed by atoms with Crippen LogP contribution in [0.4, 0.5) is 5.69 Å². The number of likely N-dealkylation sites (tertiary alicyclic amines) is 1. The molecular formula is C15H16N2O5. The Balaban J connectivity index is 1.79. The number of carbonyl (C=O) groups excluding carboxylic acids is 2. The lowest BCUT2D eigenvalue weighted by Gasteiger charge is -2.31. The fourth-order valence-corrected chi connectivity index (χ4v) is 2.76. The highest BCUT2D eigenvalue weighted by Gasteiger charge is 2.29. The number of fused-ring (bicyclic) bond motifs is 1. The largest absolute Gasteiger partial charge is 0.482 e. The molecule has 0 aliphatic carbocycles. The summed E-state index contributed by atoms with van der Waals surface area (Å²) in [4.78, 5) is 36.5. The highest BCUT2D eigenvalue weighted by Crippen LogP contribution is 2.29. The molecule has 1 aromatic carbocycles. The first kappa shape index (κ1) is 14.4. The Morgan fingerprint density at radius 3 is 2.95 bits per heavy atom. The molecule has 7 heteroatoms. The van der Waals surface area contributed by atoms with Gasteiger partial charge in [0.2, 0.25) is 0 Å². The summed E-state index contributed by atoms with van der Waals surface area (Å²) < 4.78 is 5.25. The number of nitrogens with zero attached hydrogens (tertiary/aromatic N) is 1. The summed E-state index contributed by atoms with van der Waals surface area (Å²) in [7, 11) is 0. The second kappa shape index (κ2) is 5.67. The van der Waals surface area contributed by atoms with Crippen LogP contribution < -0.4 is 10.1 Å². The molecule has 1 atom stereocenters. The zero-order valence-electron chi connectivity index (χ0n) is 11.9. The summed E-state index contributed by atoms with van der Waals surface area (Å²) >= 11 is 0. The Bertz CT molecular complexity index is 643. The predicted octanol–water partition coefficient (Wildman–Crippen LogP) is 0.954. The van der Waals surface area contributed by atoms with Gasteiger partial charge in [0.1, 0.15) is 5.75 Å². The topological polar surface area (TPSA) is 95.9 Å². The minimum atomic E-state index is -0.872. The van der Waals surface area contributed by atoms with Crippen molar-refractivity contribution in [3.63, 3.8) is 0 Å². The van der Waals surface area contributed by atoms with Crippen molar-refractivity contribution in [2.24, 2.45) is 5.92 Å². The smallest absolute Gasteiger partial charge is 0.308 e. The number of hydrogen-bond donors (Lipinski definition) is 2. The van der Waals surface area contributed by atoms with E-state index in [0.29, 0.717) is 36.4 Å². The number of carbonyl (C=O) groups is 3.